The fourth-order valence-electron chi connectivity index (χ4n) is 1.82. The molecule has 0 radical (unpaired) electrons. The quantitative estimate of drug-likeness (QED) is 0.715. The standard InChI is InChI=1S/C18H10F3N/c1-2-3-13-9-17(20)15(18(21)10-13)7-5-12-4-6-14(11-22)16(19)8-12/h2-4,6,8-10H,1H3. The summed E-state index contributed by atoms with van der Waals surface area (Å²) in [6.07, 6.45) is 3.23. The molecule has 0 atom stereocenters. The van der Waals surface area contributed by atoms with Crippen molar-refractivity contribution in [1.29, 1.82) is 5.26 Å². The molecule has 0 saturated carbocycles. The Kier molecular flexibility index (Phi) is 4.66. The molecule has 0 spiro atoms. The highest BCUT2D eigenvalue weighted by Crippen LogP contribution is 2.16. The lowest BCUT2D eigenvalue weighted by atomic mass is 10.1. The van der Waals surface area contributed by atoms with Gasteiger partial charge in [0.2, 0.25) is 0 Å². The first kappa shape index (κ1) is 15.4. The largest absolute Gasteiger partial charge is 0.206 e. The van der Waals surface area contributed by atoms with E-state index in [0.29, 0.717) is 5.56 Å². The lowest BCUT2D eigenvalue weighted by Crippen LogP contribution is -1.92. The summed E-state index contributed by atoms with van der Waals surface area (Å²) in [5.74, 6) is 2.56. The van der Waals surface area contributed by atoms with Crippen molar-refractivity contribution >= 4 is 6.08 Å². The van der Waals surface area contributed by atoms with E-state index in [9.17, 15) is 13.2 Å². The summed E-state index contributed by atoms with van der Waals surface area (Å²) in [4.78, 5) is 0. The first-order valence-electron chi connectivity index (χ1n) is 6.38. The van der Waals surface area contributed by atoms with Gasteiger partial charge in [-0.1, -0.05) is 24.0 Å². The zero-order valence-electron chi connectivity index (χ0n) is 11.6. The minimum absolute atomic E-state index is 0.112. The Morgan fingerprint density at radius 3 is 2.18 bits per heavy atom. The summed E-state index contributed by atoms with van der Waals surface area (Å²) in [5.41, 5.74) is 0.136. The van der Waals surface area contributed by atoms with E-state index in [4.69, 9.17) is 5.26 Å². The van der Waals surface area contributed by atoms with Gasteiger partial charge in [0.05, 0.1) is 11.1 Å². The molecule has 2 aromatic rings. The van der Waals surface area contributed by atoms with Crippen molar-refractivity contribution in [2.24, 2.45) is 0 Å². The molecule has 0 bridgehead atoms. The average molecular weight is 297 g/mol. The van der Waals surface area contributed by atoms with Gasteiger partial charge in [0.1, 0.15) is 23.5 Å². The van der Waals surface area contributed by atoms with Crippen molar-refractivity contribution in [3.8, 4) is 17.9 Å². The van der Waals surface area contributed by atoms with Crippen LogP contribution >= 0.6 is 0 Å². The average Bonchev–Trinajstić information content (AvgIpc) is 2.47. The van der Waals surface area contributed by atoms with Gasteiger partial charge < -0.3 is 0 Å². The van der Waals surface area contributed by atoms with Crippen LogP contribution in [-0.2, 0) is 0 Å². The molecule has 1 nitrogen and oxygen atoms in total. The van der Waals surface area contributed by atoms with E-state index in [-0.39, 0.29) is 16.7 Å². The Labute approximate surface area is 126 Å². The SMILES string of the molecule is CC=Cc1cc(F)c(C#Cc2ccc(C#N)c(F)c2)c(F)c1. The van der Waals surface area contributed by atoms with Crippen LogP contribution in [0.2, 0.25) is 0 Å². The first-order chi connectivity index (χ1) is 10.5. The molecule has 22 heavy (non-hydrogen) atoms. The molecule has 4 heteroatoms. The number of allylic oxidation sites excluding steroid dienone is 1. The van der Waals surface area contributed by atoms with Gasteiger partial charge in [-0.2, -0.15) is 5.26 Å². The summed E-state index contributed by atoms with van der Waals surface area (Å²) < 4.78 is 41.1. The van der Waals surface area contributed by atoms with E-state index in [1.807, 2.05) is 0 Å². The molecular weight excluding hydrogens is 287 g/mol. The maximum Gasteiger partial charge on any atom is 0.142 e. The predicted molar refractivity (Wildman–Crippen MR) is 78.2 cm³/mol. The minimum Gasteiger partial charge on any atom is -0.206 e. The van der Waals surface area contributed by atoms with Crippen molar-refractivity contribution in [3.63, 3.8) is 0 Å². The van der Waals surface area contributed by atoms with Crippen LogP contribution in [0.25, 0.3) is 6.08 Å². The predicted octanol–water partition coefficient (Wildman–Crippen LogP) is 4.41. The van der Waals surface area contributed by atoms with Crippen molar-refractivity contribution < 1.29 is 13.2 Å². The summed E-state index contributed by atoms with van der Waals surface area (Å²) in [7, 11) is 0. The highest BCUT2D eigenvalue weighted by molar-refractivity contribution is 5.53. The van der Waals surface area contributed by atoms with Gasteiger partial charge in [-0.25, -0.2) is 13.2 Å². The van der Waals surface area contributed by atoms with Crippen LogP contribution in [0.15, 0.2) is 36.4 Å². The van der Waals surface area contributed by atoms with Gasteiger partial charge in [-0.15, -0.1) is 0 Å². The normalized spacial score (nSPS) is 10.1. The highest BCUT2D eigenvalue weighted by Gasteiger charge is 2.08. The molecule has 0 amide bonds. The second kappa shape index (κ2) is 6.65. The maximum atomic E-state index is 13.8. The van der Waals surface area contributed by atoms with E-state index in [2.05, 4.69) is 11.8 Å². The molecule has 0 aliphatic rings. The Bertz CT molecular complexity index is 826. The number of nitrogens with zero attached hydrogens (tertiary/aromatic N) is 1. The zero-order valence-corrected chi connectivity index (χ0v) is 11.6. The number of hydrogen-bond donors (Lipinski definition) is 0. The molecule has 0 N–H and O–H groups in total. The lowest BCUT2D eigenvalue weighted by Gasteiger charge is -2.00. The van der Waals surface area contributed by atoms with Crippen LogP contribution in [0.3, 0.4) is 0 Å². The third-order valence-electron chi connectivity index (χ3n) is 2.84. The van der Waals surface area contributed by atoms with E-state index < -0.39 is 17.5 Å². The third-order valence-corrected chi connectivity index (χ3v) is 2.84. The summed E-state index contributed by atoms with van der Waals surface area (Å²) in [6, 6.07) is 7.76. The van der Waals surface area contributed by atoms with Crippen LogP contribution in [0.5, 0.6) is 0 Å². The third kappa shape index (κ3) is 3.37. The zero-order chi connectivity index (χ0) is 16.1. The number of hydrogen-bond acceptors (Lipinski definition) is 1. The fraction of sp³-hybridized carbons (Fsp3) is 0.0556. The van der Waals surface area contributed by atoms with Crippen molar-refractivity contribution in [2.75, 3.05) is 0 Å². The van der Waals surface area contributed by atoms with E-state index in [1.165, 1.54) is 24.3 Å². The molecule has 0 aromatic heterocycles. The molecule has 0 unspecified atom stereocenters. The van der Waals surface area contributed by atoms with Crippen molar-refractivity contribution in [3.05, 3.63) is 76.1 Å². The monoisotopic (exact) mass is 297 g/mol. The molecule has 0 fully saturated rings. The summed E-state index contributed by atoms with van der Waals surface area (Å²) in [6.45, 7) is 1.74. The second-order valence-corrected chi connectivity index (χ2v) is 4.42. The van der Waals surface area contributed by atoms with Gasteiger partial charge in [0.15, 0.2) is 0 Å². The Balaban J connectivity index is 2.40. The number of halogens is 3. The molecule has 0 saturated heterocycles. The van der Waals surface area contributed by atoms with Gasteiger partial charge in [-0.3, -0.25) is 0 Å². The molecule has 0 aliphatic heterocycles. The van der Waals surface area contributed by atoms with Crippen molar-refractivity contribution in [2.45, 2.75) is 6.92 Å². The maximum absolute atomic E-state index is 13.8. The topological polar surface area (TPSA) is 23.8 Å². The van der Waals surface area contributed by atoms with Crippen LogP contribution < -0.4 is 0 Å². The number of rotatable bonds is 1. The van der Waals surface area contributed by atoms with Crippen LogP contribution in [0.4, 0.5) is 13.2 Å². The molecular formula is C18H10F3N. The summed E-state index contributed by atoms with van der Waals surface area (Å²) in [5, 5.41) is 8.63. The second-order valence-electron chi connectivity index (χ2n) is 4.42. The molecule has 108 valence electrons. The van der Waals surface area contributed by atoms with Gasteiger partial charge in [0, 0.05) is 5.56 Å². The van der Waals surface area contributed by atoms with Gasteiger partial charge >= 0.3 is 0 Å². The molecule has 0 heterocycles. The first-order valence-corrected chi connectivity index (χ1v) is 6.38. The lowest BCUT2D eigenvalue weighted by molar-refractivity contribution is 0.577. The van der Waals surface area contributed by atoms with Gasteiger partial charge in [0.25, 0.3) is 0 Å². The molecule has 2 rings (SSSR count). The van der Waals surface area contributed by atoms with E-state index in [1.54, 1.807) is 25.1 Å². The number of nitriles is 1. The highest BCUT2D eigenvalue weighted by atomic mass is 19.1. The van der Waals surface area contributed by atoms with Crippen LogP contribution in [0.1, 0.15) is 29.2 Å². The van der Waals surface area contributed by atoms with Crippen LogP contribution in [0, 0.1) is 40.6 Å². The van der Waals surface area contributed by atoms with Crippen molar-refractivity contribution in [1.82, 2.24) is 0 Å². The summed E-state index contributed by atoms with van der Waals surface area (Å²) >= 11 is 0. The van der Waals surface area contributed by atoms with E-state index in [0.717, 1.165) is 6.07 Å². The number of benzene rings is 2. The minimum atomic E-state index is -0.783. The Morgan fingerprint density at radius 1 is 0.955 bits per heavy atom. The van der Waals surface area contributed by atoms with Crippen LogP contribution in [-0.4, -0.2) is 0 Å². The van der Waals surface area contributed by atoms with Gasteiger partial charge in [-0.05, 0) is 42.8 Å². The van der Waals surface area contributed by atoms with E-state index >= 15 is 0 Å². The molecule has 2 aromatic carbocycles. The Hall–Kier alpha value is -2.98. The molecule has 0 aliphatic carbocycles. The fourth-order valence-corrected chi connectivity index (χ4v) is 1.82. The smallest absolute Gasteiger partial charge is 0.142 e. The Morgan fingerprint density at radius 2 is 1.64 bits per heavy atom.